The normalized spacial score (nSPS) is 17.2. The van der Waals surface area contributed by atoms with E-state index in [4.69, 9.17) is 0 Å². The number of likely N-dealkylation sites (tertiary alicyclic amines) is 1. The van der Waals surface area contributed by atoms with Crippen LogP contribution in [0.1, 0.15) is 44.0 Å². The number of aromatic hydroxyl groups is 1. The molecule has 3 nitrogen and oxygen atoms in total. The molecular weight excluding hydrogens is 212 g/mol. The van der Waals surface area contributed by atoms with E-state index in [2.05, 4.69) is 16.8 Å². The Bertz CT molecular complexity index is 359. The van der Waals surface area contributed by atoms with E-state index in [0.29, 0.717) is 5.75 Å². The number of pyridine rings is 1. The van der Waals surface area contributed by atoms with Crippen LogP contribution in [0, 0.1) is 0 Å². The van der Waals surface area contributed by atoms with E-state index in [-0.39, 0.29) is 0 Å². The third kappa shape index (κ3) is 3.43. The second-order valence-electron chi connectivity index (χ2n) is 4.86. The molecular formula is C14H22N2O. The summed E-state index contributed by atoms with van der Waals surface area (Å²) >= 11 is 0. The molecule has 1 aromatic rings. The summed E-state index contributed by atoms with van der Waals surface area (Å²) in [7, 11) is 0. The van der Waals surface area contributed by atoms with Crippen LogP contribution in [0.5, 0.6) is 5.75 Å². The van der Waals surface area contributed by atoms with Crippen LogP contribution in [0.4, 0.5) is 0 Å². The summed E-state index contributed by atoms with van der Waals surface area (Å²) in [5.74, 6) is 0.342. The Morgan fingerprint density at radius 3 is 2.71 bits per heavy atom. The van der Waals surface area contributed by atoms with Gasteiger partial charge in [0.1, 0.15) is 5.75 Å². The van der Waals surface area contributed by atoms with Crippen molar-refractivity contribution in [1.29, 1.82) is 0 Å². The van der Waals surface area contributed by atoms with Gasteiger partial charge in [-0.3, -0.25) is 9.88 Å². The minimum absolute atomic E-state index is 0.342. The van der Waals surface area contributed by atoms with Gasteiger partial charge in [0, 0.05) is 6.54 Å². The van der Waals surface area contributed by atoms with E-state index >= 15 is 0 Å². The first kappa shape index (κ1) is 12.4. The van der Waals surface area contributed by atoms with Crippen LogP contribution in [-0.4, -0.2) is 28.1 Å². The molecule has 2 heterocycles. The fraction of sp³-hybridized carbons (Fsp3) is 0.643. The highest BCUT2D eigenvalue weighted by Crippen LogP contribution is 2.18. The molecule has 0 saturated carbocycles. The zero-order chi connectivity index (χ0) is 12.1. The first-order valence-electron chi connectivity index (χ1n) is 6.69. The summed E-state index contributed by atoms with van der Waals surface area (Å²) in [4.78, 5) is 7.02. The molecule has 1 fully saturated rings. The fourth-order valence-electron chi connectivity index (χ4n) is 2.39. The van der Waals surface area contributed by atoms with Gasteiger partial charge in [0.25, 0.3) is 0 Å². The highest BCUT2D eigenvalue weighted by molar-refractivity contribution is 5.28. The van der Waals surface area contributed by atoms with Gasteiger partial charge in [0.2, 0.25) is 0 Å². The largest absolute Gasteiger partial charge is 0.506 e. The summed E-state index contributed by atoms with van der Waals surface area (Å²) in [5, 5.41) is 9.70. The molecule has 0 atom stereocenters. The Labute approximate surface area is 103 Å². The zero-order valence-electron chi connectivity index (χ0n) is 10.7. The molecule has 94 valence electrons. The predicted octanol–water partition coefficient (Wildman–Crippen LogP) is 2.73. The quantitative estimate of drug-likeness (QED) is 0.870. The number of rotatable bonds is 4. The zero-order valence-corrected chi connectivity index (χ0v) is 10.7. The molecule has 0 aliphatic carbocycles. The monoisotopic (exact) mass is 234 g/mol. The molecule has 0 radical (unpaired) electrons. The van der Waals surface area contributed by atoms with Crippen molar-refractivity contribution in [2.24, 2.45) is 0 Å². The van der Waals surface area contributed by atoms with Gasteiger partial charge < -0.3 is 5.11 Å². The SMILES string of the molecule is CCCc1nc(CN2CCCCC2)ccc1O. The Balaban J connectivity index is 2.02. The van der Waals surface area contributed by atoms with E-state index in [9.17, 15) is 5.11 Å². The number of piperidine rings is 1. The van der Waals surface area contributed by atoms with E-state index in [0.717, 1.165) is 30.8 Å². The van der Waals surface area contributed by atoms with Gasteiger partial charge in [-0.1, -0.05) is 19.8 Å². The van der Waals surface area contributed by atoms with Crippen molar-refractivity contribution in [1.82, 2.24) is 9.88 Å². The number of aromatic nitrogens is 1. The fourth-order valence-corrected chi connectivity index (χ4v) is 2.39. The maximum absolute atomic E-state index is 9.70. The van der Waals surface area contributed by atoms with Crippen molar-refractivity contribution < 1.29 is 5.11 Å². The maximum Gasteiger partial charge on any atom is 0.137 e. The van der Waals surface area contributed by atoms with Gasteiger partial charge >= 0.3 is 0 Å². The molecule has 1 aromatic heterocycles. The third-order valence-electron chi connectivity index (χ3n) is 3.33. The van der Waals surface area contributed by atoms with Crippen molar-refractivity contribution >= 4 is 0 Å². The van der Waals surface area contributed by atoms with E-state index in [1.165, 1.54) is 32.4 Å². The summed E-state index contributed by atoms with van der Waals surface area (Å²) < 4.78 is 0. The molecule has 3 heteroatoms. The summed E-state index contributed by atoms with van der Waals surface area (Å²) in [5.41, 5.74) is 1.94. The van der Waals surface area contributed by atoms with Crippen molar-refractivity contribution in [3.63, 3.8) is 0 Å². The van der Waals surface area contributed by atoms with E-state index in [1.807, 2.05) is 6.07 Å². The van der Waals surface area contributed by atoms with Crippen molar-refractivity contribution in [3.05, 3.63) is 23.5 Å². The minimum atomic E-state index is 0.342. The Morgan fingerprint density at radius 1 is 1.24 bits per heavy atom. The molecule has 0 spiro atoms. The highest BCUT2D eigenvalue weighted by atomic mass is 16.3. The minimum Gasteiger partial charge on any atom is -0.506 e. The maximum atomic E-state index is 9.70. The van der Waals surface area contributed by atoms with Crippen molar-refractivity contribution in [2.75, 3.05) is 13.1 Å². The number of hydrogen-bond donors (Lipinski definition) is 1. The molecule has 2 rings (SSSR count). The third-order valence-corrected chi connectivity index (χ3v) is 3.33. The van der Waals surface area contributed by atoms with Crippen LogP contribution in [0.3, 0.4) is 0 Å². The molecule has 1 aliphatic heterocycles. The predicted molar refractivity (Wildman–Crippen MR) is 69.0 cm³/mol. The molecule has 0 bridgehead atoms. The molecule has 0 aromatic carbocycles. The molecule has 1 saturated heterocycles. The molecule has 1 aliphatic rings. The first-order chi connectivity index (χ1) is 8.29. The number of hydrogen-bond acceptors (Lipinski definition) is 3. The average molecular weight is 234 g/mol. The Hall–Kier alpha value is -1.09. The van der Waals surface area contributed by atoms with Crippen molar-refractivity contribution in [3.8, 4) is 5.75 Å². The summed E-state index contributed by atoms with van der Waals surface area (Å²) in [6.45, 7) is 5.41. The standard InChI is InChI=1S/C14H22N2O/c1-2-6-13-14(17)8-7-12(15-13)11-16-9-4-3-5-10-16/h7-8,17H,2-6,9-11H2,1H3. The molecule has 17 heavy (non-hydrogen) atoms. The van der Waals surface area contributed by atoms with E-state index in [1.54, 1.807) is 6.07 Å². The lowest BCUT2D eigenvalue weighted by atomic mass is 10.1. The summed E-state index contributed by atoms with van der Waals surface area (Å²) in [6, 6.07) is 3.74. The van der Waals surface area contributed by atoms with Crippen LogP contribution in [0.2, 0.25) is 0 Å². The van der Waals surface area contributed by atoms with Gasteiger partial charge in [0.15, 0.2) is 0 Å². The Kier molecular flexibility index (Phi) is 4.37. The van der Waals surface area contributed by atoms with Gasteiger partial charge in [-0.05, 0) is 44.5 Å². The van der Waals surface area contributed by atoms with E-state index < -0.39 is 0 Å². The van der Waals surface area contributed by atoms with Crippen LogP contribution >= 0.6 is 0 Å². The lowest BCUT2D eigenvalue weighted by Crippen LogP contribution is -2.29. The second-order valence-corrected chi connectivity index (χ2v) is 4.86. The van der Waals surface area contributed by atoms with Crippen LogP contribution in [-0.2, 0) is 13.0 Å². The highest BCUT2D eigenvalue weighted by Gasteiger charge is 2.12. The molecule has 1 N–H and O–H groups in total. The molecule has 0 amide bonds. The van der Waals surface area contributed by atoms with Gasteiger partial charge in [0.05, 0.1) is 11.4 Å². The smallest absolute Gasteiger partial charge is 0.137 e. The van der Waals surface area contributed by atoms with Gasteiger partial charge in [-0.25, -0.2) is 0 Å². The second kappa shape index (κ2) is 6.01. The molecule has 0 unspecified atom stereocenters. The van der Waals surface area contributed by atoms with Crippen LogP contribution in [0.25, 0.3) is 0 Å². The van der Waals surface area contributed by atoms with Gasteiger partial charge in [-0.2, -0.15) is 0 Å². The van der Waals surface area contributed by atoms with Crippen molar-refractivity contribution in [2.45, 2.75) is 45.6 Å². The van der Waals surface area contributed by atoms with Gasteiger partial charge in [-0.15, -0.1) is 0 Å². The summed E-state index contributed by atoms with van der Waals surface area (Å²) in [6.07, 6.45) is 5.85. The lowest BCUT2D eigenvalue weighted by Gasteiger charge is -2.26. The number of nitrogens with zero attached hydrogens (tertiary/aromatic N) is 2. The topological polar surface area (TPSA) is 36.4 Å². The van der Waals surface area contributed by atoms with Crippen LogP contribution in [0.15, 0.2) is 12.1 Å². The Morgan fingerprint density at radius 2 is 2.00 bits per heavy atom. The number of aryl methyl sites for hydroxylation is 1. The first-order valence-corrected chi connectivity index (χ1v) is 6.69. The average Bonchev–Trinajstić information content (AvgIpc) is 2.35. The van der Waals surface area contributed by atoms with Crippen LogP contribution < -0.4 is 0 Å². The lowest BCUT2D eigenvalue weighted by molar-refractivity contribution is 0.218.